The molecule has 106 valence electrons. The van der Waals surface area contributed by atoms with E-state index in [0.29, 0.717) is 11.4 Å². The zero-order valence-electron chi connectivity index (χ0n) is 11.5. The quantitative estimate of drug-likeness (QED) is 0.718. The smallest absolute Gasteiger partial charge is 0.220 e. The fourth-order valence-electron chi connectivity index (χ4n) is 1.96. The molecule has 3 nitrogen and oxygen atoms in total. The van der Waals surface area contributed by atoms with Crippen molar-refractivity contribution in [3.63, 3.8) is 0 Å². The number of benzene rings is 1. The average molecular weight is 283 g/mol. The first kappa shape index (κ1) is 16.0. The number of hydrogen-bond donors (Lipinski definition) is 2. The van der Waals surface area contributed by atoms with Crippen LogP contribution in [0.5, 0.6) is 0 Å². The lowest BCUT2D eigenvalue weighted by Gasteiger charge is -2.14. The minimum atomic E-state index is -0.00441. The highest BCUT2D eigenvalue weighted by Crippen LogP contribution is 2.17. The molecule has 0 saturated heterocycles. The fraction of sp³-hybridized carbons (Fsp3) is 0.533. The second kappa shape index (κ2) is 8.94. The van der Waals surface area contributed by atoms with Crippen molar-refractivity contribution in [3.8, 4) is 0 Å². The van der Waals surface area contributed by atoms with Crippen LogP contribution in [0.4, 0.5) is 0 Å². The van der Waals surface area contributed by atoms with Crippen molar-refractivity contribution in [1.29, 1.82) is 0 Å². The first-order valence-corrected chi connectivity index (χ1v) is 7.26. The Kier molecular flexibility index (Phi) is 7.53. The lowest BCUT2D eigenvalue weighted by molar-refractivity contribution is -0.121. The molecule has 0 aliphatic heterocycles. The highest BCUT2D eigenvalue weighted by Gasteiger charge is 2.09. The molecule has 1 amide bonds. The lowest BCUT2D eigenvalue weighted by Crippen LogP contribution is -2.26. The molecular formula is C15H23ClN2O. The van der Waals surface area contributed by atoms with E-state index in [1.807, 2.05) is 31.2 Å². The van der Waals surface area contributed by atoms with Crippen molar-refractivity contribution < 1.29 is 4.79 Å². The zero-order chi connectivity index (χ0) is 14.1. The predicted octanol–water partition coefficient (Wildman–Crippen LogP) is 3.43. The van der Waals surface area contributed by atoms with Crippen LogP contribution in [0.2, 0.25) is 5.02 Å². The second-order valence-electron chi connectivity index (χ2n) is 4.80. The molecule has 4 heteroatoms. The molecule has 0 aliphatic rings. The molecule has 0 aliphatic carbocycles. The van der Waals surface area contributed by atoms with Gasteiger partial charge >= 0.3 is 0 Å². The molecule has 0 heterocycles. The van der Waals surface area contributed by atoms with Gasteiger partial charge in [0.2, 0.25) is 5.91 Å². The van der Waals surface area contributed by atoms with Gasteiger partial charge in [-0.2, -0.15) is 0 Å². The van der Waals surface area contributed by atoms with Crippen molar-refractivity contribution in [2.45, 2.75) is 45.1 Å². The van der Waals surface area contributed by atoms with Gasteiger partial charge in [0, 0.05) is 11.4 Å². The molecule has 0 aromatic heterocycles. The van der Waals surface area contributed by atoms with Crippen LogP contribution >= 0.6 is 11.6 Å². The molecule has 1 aromatic rings. The van der Waals surface area contributed by atoms with Crippen LogP contribution in [-0.4, -0.2) is 12.5 Å². The van der Waals surface area contributed by atoms with Gasteiger partial charge in [-0.1, -0.05) is 36.6 Å². The third-order valence-electron chi connectivity index (χ3n) is 3.08. The number of halogens is 1. The van der Waals surface area contributed by atoms with Gasteiger partial charge < -0.3 is 11.1 Å². The van der Waals surface area contributed by atoms with Crippen LogP contribution in [0, 0.1) is 0 Å². The van der Waals surface area contributed by atoms with E-state index in [1.54, 1.807) is 0 Å². The summed E-state index contributed by atoms with van der Waals surface area (Å²) in [5.41, 5.74) is 6.45. The van der Waals surface area contributed by atoms with Gasteiger partial charge in [-0.15, -0.1) is 0 Å². The van der Waals surface area contributed by atoms with Crippen LogP contribution in [0.1, 0.15) is 50.6 Å². The van der Waals surface area contributed by atoms with Crippen molar-refractivity contribution in [2.75, 3.05) is 6.54 Å². The minimum Gasteiger partial charge on any atom is -0.350 e. The van der Waals surface area contributed by atoms with Gasteiger partial charge in [0.25, 0.3) is 0 Å². The Morgan fingerprint density at radius 1 is 1.32 bits per heavy atom. The number of unbranched alkanes of at least 4 members (excludes halogenated alkanes) is 3. The summed E-state index contributed by atoms with van der Waals surface area (Å²) < 4.78 is 0. The molecule has 0 unspecified atom stereocenters. The SMILES string of the molecule is C[C@@H](NC(=O)CCCCCCN)c1cccc(Cl)c1. The molecule has 1 atom stereocenters. The van der Waals surface area contributed by atoms with Crippen LogP contribution in [-0.2, 0) is 4.79 Å². The molecule has 3 N–H and O–H groups in total. The number of carbonyl (C=O) groups is 1. The Bertz CT molecular complexity index is 395. The van der Waals surface area contributed by atoms with Crippen molar-refractivity contribution in [1.82, 2.24) is 5.32 Å². The van der Waals surface area contributed by atoms with E-state index < -0.39 is 0 Å². The Hall–Kier alpha value is -1.06. The fourth-order valence-corrected chi connectivity index (χ4v) is 2.16. The summed E-state index contributed by atoms with van der Waals surface area (Å²) in [4.78, 5) is 11.8. The third-order valence-corrected chi connectivity index (χ3v) is 3.32. The first-order valence-electron chi connectivity index (χ1n) is 6.88. The Morgan fingerprint density at radius 3 is 2.74 bits per heavy atom. The molecule has 1 aromatic carbocycles. The Morgan fingerprint density at radius 2 is 2.05 bits per heavy atom. The normalized spacial score (nSPS) is 12.2. The summed E-state index contributed by atoms with van der Waals surface area (Å²) in [5.74, 6) is 0.0974. The molecule has 0 saturated carbocycles. The Balaban J connectivity index is 2.28. The van der Waals surface area contributed by atoms with Crippen molar-refractivity contribution in [2.24, 2.45) is 5.73 Å². The molecule has 0 fully saturated rings. The number of nitrogens with one attached hydrogen (secondary N) is 1. The van der Waals surface area contributed by atoms with E-state index in [1.165, 1.54) is 0 Å². The molecule has 1 rings (SSSR count). The zero-order valence-corrected chi connectivity index (χ0v) is 12.2. The summed E-state index contributed by atoms with van der Waals surface area (Å²) in [5, 5.41) is 3.69. The monoisotopic (exact) mass is 282 g/mol. The van der Waals surface area contributed by atoms with Gasteiger partial charge in [0.15, 0.2) is 0 Å². The summed E-state index contributed by atoms with van der Waals surface area (Å²) in [6.07, 6.45) is 4.72. The average Bonchev–Trinajstić information content (AvgIpc) is 2.38. The van der Waals surface area contributed by atoms with Gasteiger partial charge in [-0.05, 0) is 44.0 Å². The highest BCUT2D eigenvalue weighted by molar-refractivity contribution is 6.30. The van der Waals surface area contributed by atoms with Crippen molar-refractivity contribution >= 4 is 17.5 Å². The van der Waals surface area contributed by atoms with Crippen LogP contribution in [0.15, 0.2) is 24.3 Å². The van der Waals surface area contributed by atoms with E-state index in [9.17, 15) is 4.79 Å². The largest absolute Gasteiger partial charge is 0.350 e. The maximum atomic E-state index is 11.8. The summed E-state index contributed by atoms with van der Waals surface area (Å²) in [7, 11) is 0. The Labute approximate surface area is 120 Å². The summed E-state index contributed by atoms with van der Waals surface area (Å²) in [6.45, 7) is 2.70. The highest BCUT2D eigenvalue weighted by atomic mass is 35.5. The van der Waals surface area contributed by atoms with E-state index in [-0.39, 0.29) is 11.9 Å². The number of amides is 1. The van der Waals surface area contributed by atoms with Crippen LogP contribution in [0.3, 0.4) is 0 Å². The van der Waals surface area contributed by atoms with Gasteiger partial charge in [-0.3, -0.25) is 4.79 Å². The second-order valence-corrected chi connectivity index (χ2v) is 5.23. The molecule has 0 radical (unpaired) electrons. The van der Waals surface area contributed by atoms with Crippen LogP contribution in [0.25, 0.3) is 0 Å². The van der Waals surface area contributed by atoms with Crippen LogP contribution < -0.4 is 11.1 Å². The third kappa shape index (κ3) is 6.60. The summed E-state index contributed by atoms with van der Waals surface area (Å²) in [6, 6.07) is 7.57. The van der Waals surface area contributed by atoms with Gasteiger partial charge in [0.05, 0.1) is 6.04 Å². The standard InChI is InChI=1S/C15H23ClN2O/c1-12(13-7-6-8-14(16)11-13)18-15(19)9-4-2-3-5-10-17/h6-8,11-12H,2-5,9-10,17H2,1H3,(H,18,19)/t12-/m1/s1. The first-order chi connectivity index (χ1) is 9.13. The minimum absolute atomic E-state index is 0.00441. The number of nitrogens with two attached hydrogens (primary N) is 1. The van der Waals surface area contributed by atoms with E-state index >= 15 is 0 Å². The van der Waals surface area contributed by atoms with E-state index in [4.69, 9.17) is 17.3 Å². The molecule has 0 spiro atoms. The summed E-state index contributed by atoms with van der Waals surface area (Å²) >= 11 is 5.93. The van der Waals surface area contributed by atoms with Crippen molar-refractivity contribution in [3.05, 3.63) is 34.9 Å². The predicted molar refractivity (Wildman–Crippen MR) is 80.1 cm³/mol. The molecule has 19 heavy (non-hydrogen) atoms. The molecular weight excluding hydrogens is 260 g/mol. The number of rotatable bonds is 8. The maximum absolute atomic E-state index is 11.8. The van der Waals surface area contributed by atoms with Gasteiger partial charge in [0.1, 0.15) is 0 Å². The van der Waals surface area contributed by atoms with Gasteiger partial charge in [-0.25, -0.2) is 0 Å². The number of hydrogen-bond acceptors (Lipinski definition) is 2. The number of carbonyl (C=O) groups excluding carboxylic acids is 1. The van der Waals surface area contributed by atoms with E-state index in [2.05, 4.69) is 5.32 Å². The molecule has 0 bridgehead atoms. The topological polar surface area (TPSA) is 55.1 Å². The lowest BCUT2D eigenvalue weighted by atomic mass is 10.1. The maximum Gasteiger partial charge on any atom is 0.220 e. The van der Waals surface area contributed by atoms with E-state index in [0.717, 1.165) is 37.8 Å².